The van der Waals surface area contributed by atoms with Crippen molar-refractivity contribution < 1.29 is 23.1 Å². The van der Waals surface area contributed by atoms with Crippen molar-refractivity contribution in [1.29, 1.82) is 0 Å². The number of halogens is 2. The number of alkyl halides is 2. The predicted molar refractivity (Wildman–Crippen MR) is 123 cm³/mol. The number of anilines is 1. The zero-order chi connectivity index (χ0) is 24.6. The van der Waals surface area contributed by atoms with Gasteiger partial charge < -0.3 is 10.1 Å². The first-order chi connectivity index (χ1) is 16.0. The first-order valence-electron chi connectivity index (χ1n) is 10.5. The zero-order valence-corrected chi connectivity index (χ0v) is 19.0. The summed E-state index contributed by atoms with van der Waals surface area (Å²) in [6.45, 7) is 5.15. The van der Waals surface area contributed by atoms with E-state index in [1.165, 1.54) is 33.8 Å². The summed E-state index contributed by atoms with van der Waals surface area (Å²) in [6.07, 6.45) is -2.20. The number of carbonyl (C=O) groups is 2. The highest BCUT2D eigenvalue weighted by Crippen LogP contribution is 2.36. The van der Waals surface area contributed by atoms with Crippen LogP contribution in [0, 0.1) is 0 Å². The van der Waals surface area contributed by atoms with Crippen molar-refractivity contribution in [2.24, 2.45) is 7.05 Å². The molecule has 0 aliphatic carbocycles. The van der Waals surface area contributed by atoms with Crippen LogP contribution in [0.3, 0.4) is 0 Å². The average molecular weight is 467 g/mol. The Morgan fingerprint density at radius 1 is 1.09 bits per heavy atom. The molecule has 10 heteroatoms. The van der Waals surface area contributed by atoms with Crippen LogP contribution in [0.1, 0.15) is 43.4 Å². The van der Waals surface area contributed by atoms with Crippen LogP contribution in [-0.2, 0) is 11.8 Å². The molecule has 8 nitrogen and oxygen atoms in total. The molecule has 0 aliphatic heterocycles. The second-order valence-electron chi connectivity index (χ2n) is 8.67. The van der Waals surface area contributed by atoms with Crippen LogP contribution in [0.25, 0.3) is 22.2 Å². The van der Waals surface area contributed by atoms with E-state index in [0.29, 0.717) is 16.6 Å². The van der Waals surface area contributed by atoms with Gasteiger partial charge in [-0.3, -0.25) is 4.79 Å². The molecule has 0 bridgehead atoms. The summed E-state index contributed by atoms with van der Waals surface area (Å²) in [5, 5.41) is 7.21. The number of carbonyl (C=O) groups excluding carboxylic acids is 2. The first-order valence-corrected chi connectivity index (χ1v) is 10.5. The van der Waals surface area contributed by atoms with E-state index >= 15 is 0 Å². The third kappa shape index (κ3) is 4.52. The maximum Gasteiger partial charge on any atom is 0.419 e. The number of rotatable bonds is 4. The van der Waals surface area contributed by atoms with Crippen molar-refractivity contribution in [2.45, 2.75) is 32.8 Å². The number of nitrogens with one attached hydrogen (secondary N) is 1. The monoisotopic (exact) mass is 467 g/mol. The van der Waals surface area contributed by atoms with E-state index < -0.39 is 24.0 Å². The van der Waals surface area contributed by atoms with E-state index in [2.05, 4.69) is 15.4 Å². The van der Waals surface area contributed by atoms with Gasteiger partial charge in [-0.05, 0) is 39.0 Å². The standard InChI is InChI=1S/C24H23F2N5O3/c1-24(2,3)34-23(33)31-18-12-15(29-22(32)21-27-13-28-30(21)4)10-9-14(18)11-19(31)16-7-5-6-8-17(16)20(25)26/h5-13,20H,1-4H3,(H,29,32). The van der Waals surface area contributed by atoms with Crippen LogP contribution in [0.4, 0.5) is 19.3 Å². The SMILES string of the molecule is Cn1ncnc1C(=O)Nc1ccc2cc(-c3ccccc3C(F)F)n(C(=O)OC(C)(C)C)c2c1. The Labute approximate surface area is 194 Å². The Morgan fingerprint density at radius 2 is 1.82 bits per heavy atom. The minimum atomic E-state index is -2.73. The molecule has 0 fully saturated rings. The Morgan fingerprint density at radius 3 is 2.47 bits per heavy atom. The van der Waals surface area contributed by atoms with Crippen LogP contribution in [0.15, 0.2) is 54.9 Å². The number of aromatic nitrogens is 4. The lowest BCUT2D eigenvalue weighted by molar-refractivity contribution is 0.0546. The Kier molecular flexibility index (Phi) is 5.90. The van der Waals surface area contributed by atoms with Crippen LogP contribution >= 0.6 is 0 Å². The fraction of sp³-hybridized carbons (Fsp3) is 0.250. The zero-order valence-electron chi connectivity index (χ0n) is 19.0. The summed E-state index contributed by atoms with van der Waals surface area (Å²) in [5.74, 6) is -0.382. The van der Waals surface area contributed by atoms with Crippen molar-refractivity contribution in [1.82, 2.24) is 19.3 Å². The van der Waals surface area contributed by atoms with E-state index in [1.54, 1.807) is 58.2 Å². The van der Waals surface area contributed by atoms with Gasteiger partial charge in [0.1, 0.15) is 11.9 Å². The number of amides is 1. The van der Waals surface area contributed by atoms with Crippen LogP contribution in [-0.4, -0.2) is 36.9 Å². The second kappa shape index (κ2) is 8.69. The summed E-state index contributed by atoms with van der Waals surface area (Å²) in [6, 6.07) is 12.6. The number of benzene rings is 2. The molecule has 2 aromatic carbocycles. The molecule has 2 heterocycles. The van der Waals surface area contributed by atoms with Crippen molar-refractivity contribution in [3.63, 3.8) is 0 Å². The summed E-state index contributed by atoms with van der Waals surface area (Å²) < 4.78 is 35.7. The van der Waals surface area contributed by atoms with E-state index in [0.717, 1.165) is 0 Å². The number of hydrogen-bond donors (Lipinski definition) is 1. The van der Waals surface area contributed by atoms with Gasteiger partial charge in [-0.15, -0.1) is 0 Å². The third-order valence-corrected chi connectivity index (χ3v) is 5.02. The van der Waals surface area contributed by atoms with Gasteiger partial charge in [0.05, 0.1) is 11.2 Å². The fourth-order valence-corrected chi connectivity index (χ4v) is 3.59. The number of ether oxygens (including phenoxy) is 1. The lowest BCUT2D eigenvalue weighted by atomic mass is 10.0. The molecule has 0 saturated heterocycles. The minimum absolute atomic E-state index is 0.106. The molecule has 0 aliphatic rings. The molecule has 0 radical (unpaired) electrons. The number of nitrogens with zero attached hydrogens (tertiary/aromatic N) is 4. The number of hydrogen-bond acceptors (Lipinski definition) is 5. The van der Waals surface area contributed by atoms with Gasteiger partial charge in [-0.1, -0.05) is 30.3 Å². The molecular weight excluding hydrogens is 444 g/mol. The van der Waals surface area contributed by atoms with Gasteiger partial charge in [0.2, 0.25) is 5.82 Å². The smallest absolute Gasteiger partial charge is 0.419 e. The van der Waals surface area contributed by atoms with Crippen LogP contribution in [0.5, 0.6) is 0 Å². The average Bonchev–Trinajstić information content (AvgIpc) is 3.35. The summed E-state index contributed by atoms with van der Waals surface area (Å²) in [5.41, 5.74) is 0.234. The lowest BCUT2D eigenvalue weighted by Crippen LogP contribution is -2.27. The molecule has 4 aromatic rings. The molecule has 0 spiro atoms. The van der Waals surface area contributed by atoms with Gasteiger partial charge in [-0.2, -0.15) is 5.10 Å². The lowest BCUT2D eigenvalue weighted by Gasteiger charge is -2.21. The molecule has 2 aromatic heterocycles. The van der Waals surface area contributed by atoms with Crippen molar-refractivity contribution in [3.8, 4) is 11.3 Å². The van der Waals surface area contributed by atoms with Gasteiger partial charge in [0.15, 0.2) is 0 Å². The third-order valence-electron chi connectivity index (χ3n) is 5.02. The van der Waals surface area contributed by atoms with E-state index in [4.69, 9.17) is 4.74 Å². The molecule has 4 rings (SSSR count). The highest BCUT2D eigenvalue weighted by Gasteiger charge is 2.25. The number of fused-ring (bicyclic) bond motifs is 1. The van der Waals surface area contributed by atoms with E-state index in [-0.39, 0.29) is 22.6 Å². The van der Waals surface area contributed by atoms with Crippen LogP contribution < -0.4 is 5.32 Å². The van der Waals surface area contributed by atoms with Crippen molar-refractivity contribution in [2.75, 3.05) is 5.32 Å². The van der Waals surface area contributed by atoms with E-state index in [1.807, 2.05) is 0 Å². The first kappa shape index (κ1) is 23.1. The fourth-order valence-electron chi connectivity index (χ4n) is 3.59. The minimum Gasteiger partial charge on any atom is -0.443 e. The van der Waals surface area contributed by atoms with Crippen LogP contribution in [0.2, 0.25) is 0 Å². The van der Waals surface area contributed by atoms with Gasteiger partial charge in [-0.25, -0.2) is 27.8 Å². The maximum atomic E-state index is 13.8. The van der Waals surface area contributed by atoms with Gasteiger partial charge in [0.25, 0.3) is 12.3 Å². The van der Waals surface area contributed by atoms with Crippen molar-refractivity contribution >= 4 is 28.6 Å². The van der Waals surface area contributed by atoms with Crippen molar-refractivity contribution in [3.05, 3.63) is 66.2 Å². The predicted octanol–water partition coefficient (Wildman–Crippen LogP) is 5.41. The molecule has 0 saturated carbocycles. The molecular formula is C24H23F2N5O3. The highest BCUT2D eigenvalue weighted by atomic mass is 19.3. The number of aryl methyl sites for hydroxylation is 1. The van der Waals surface area contributed by atoms with Gasteiger partial charge >= 0.3 is 6.09 Å². The largest absolute Gasteiger partial charge is 0.443 e. The Hall–Kier alpha value is -4.08. The van der Waals surface area contributed by atoms with E-state index in [9.17, 15) is 18.4 Å². The molecule has 1 amide bonds. The summed E-state index contributed by atoms with van der Waals surface area (Å²) >= 11 is 0. The second-order valence-corrected chi connectivity index (χ2v) is 8.67. The molecule has 1 N–H and O–H groups in total. The molecule has 176 valence electrons. The summed E-state index contributed by atoms with van der Waals surface area (Å²) in [7, 11) is 1.59. The Bertz CT molecular complexity index is 1390. The van der Waals surface area contributed by atoms with Gasteiger partial charge in [0, 0.05) is 29.2 Å². The summed E-state index contributed by atoms with van der Waals surface area (Å²) in [4.78, 5) is 29.7. The highest BCUT2D eigenvalue weighted by molar-refractivity contribution is 6.04. The molecule has 0 unspecified atom stereocenters. The topological polar surface area (TPSA) is 91.0 Å². The molecule has 34 heavy (non-hydrogen) atoms. The normalized spacial score (nSPS) is 11.7. The Balaban J connectivity index is 1.86. The molecule has 0 atom stereocenters. The quantitative estimate of drug-likeness (QED) is 0.433. The maximum absolute atomic E-state index is 13.8.